The van der Waals surface area contributed by atoms with Gasteiger partial charge in [0.1, 0.15) is 6.04 Å². The zero-order chi connectivity index (χ0) is 17.3. The van der Waals surface area contributed by atoms with Crippen LogP contribution in [0.25, 0.3) is 0 Å². The number of imide groups is 1. The second kappa shape index (κ2) is 7.05. The van der Waals surface area contributed by atoms with E-state index in [0.29, 0.717) is 15.7 Å². The minimum atomic E-state index is -0.593. The minimum Gasteiger partial charge on any atom is -0.373 e. The standard InChI is InChI=1S/C17H14Cl2N2O2S/c1-24-12-4-2-3-10(7-12)20-15-9-16(22)21(17(15)23)11-5-6-13(18)14(19)8-11/h2-8,15,20H,9H2,1H3/t15-/m0/s1. The fourth-order valence-corrected chi connectivity index (χ4v) is 3.31. The van der Waals surface area contributed by atoms with E-state index in [1.807, 2.05) is 30.5 Å². The number of benzene rings is 2. The summed E-state index contributed by atoms with van der Waals surface area (Å²) in [7, 11) is 0. The molecule has 1 atom stereocenters. The third kappa shape index (κ3) is 3.38. The Hall–Kier alpha value is -1.69. The molecule has 0 aliphatic carbocycles. The lowest BCUT2D eigenvalue weighted by molar-refractivity contribution is -0.121. The van der Waals surface area contributed by atoms with Gasteiger partial charge in [-0.1, -0.05) is 29.3 Å². The van der Waals surface area contributed by atoms with Crippen LogP contribution in [0.3, 0.4) is 0 Å². The van der Waals surface area contributed by atoms with Gasteiger partial charge in [-0.15, -0.1) is 11.8 Å². The van der Waals surface area contributed by atoms with Gasteiger partial charge in [-0.2, -0.15) is 0 Å². The molecule has 124 valence electrons. The van der Waals surface area contributed by atoms with Crippen LogP contribution in [0.15, 0.2) is 47.4 Å². The van der Waals surface area contributed by atoms with Gasteiger partial charge in [0, 0.05) is 10.6 Å². The second-order valence-corrected chi connectivity index (χ2v) is 6.99. The predicted molar refractivity (Wildman–Crippen MR) is 99.2 cm³/mol. The number of nitrogens with zero attached hydrogens (tertiary/aromatic N) is 1. The lowest BCUT2D eigenvalue weighted by atomic mass is 10.2. The Labute approximate surface area is 154 Å². The number of rotatable bonds is 4. The molecule has 1 heterocycles. The summed E-state index contributed by atoms with van der Waals surface area (Å²) in [5, 5.41) is 3.82. The first-order valence-corrected chi connectivity index (χ1v) is 9.20. The van der Waals surface area contributed by atoms with Crippen molar-refractivity contribution >= 4 is 58.2 Å². The Morgan fingerprint density at radius 3 is 2.62 bits per heavy atom. The van der Waals surface area contributed by atoms with E-state index in [4.69, 9.17) is 23.2 Å². The molecule has 2 aromatic carbocycles. The number of halogens is 2. The molecule has 7 heteroatoms. The molecule has 1 aliphatic rings. The summed E-state index contributed by atoms with van der Waals surface area (Å²) in [5.74, 6) is -0.565. The van der Waals surface area contributed by atoms with E-state index in [2.05, 4.69) is 5.32 Å². The van der Waals surface area contributed by atoms with Crippen LogP contribution in [0.2, 0.25) is 10.0 Å². The summed E-state index contributed by atoms with van der Waals surface area (Å²) in [4.78, 5) is 27.2. The quantitative estimate of drug-likeness (QED) is 0.628. The SMILES string of the molecule is CSc1cccc(N[C@H]2CC(=O)N(c3ccc(Cl)c(Cl)c3)C2=O)c1. The molecule has 0 unspecified atom stereocenters. The number of carbonyl (C=O) groups excluding carboxylic acids is 2. The van der Waals surface area contributed by atoms with Crippen LogP contribution in [-0.4, -0.2) is 24.1 Å². The van der Waals surface area contributed by atoms with Gasteiger partial charge in [0.2, 0.25) is 5.91 Å². The van der Waals surface area contributed by atoms with Crippen LogP contribution in [0.5, 0.6) is 0 Å². The molecule has 1 fully saturated rings. The smallest absolute Gasteiger partial charge is 0.256 e. The van der Waals surface area contributed by atoms with Crippen LogP contribution >= 0.6 is 35.0 Å². The largest absolute Gasteiger partial charge is 0.373 e. The second-order valence-electron chi connectivity index (χ2n) is 5.30. The minimum absolute atomic E-state index is 0.0998. The predicted octanol–water partition coefficient (Wildman–Crippen LogP) is 4.46. The average molecular weight is 381 g/mol. The van der Waals surface area contributed by atoms with E-state index in [9.17, 15) is 9.59 Å². The topological polar surface area (TPSA) is 49.4 Å². The van der Waals surface area contributed by atoms with Crippen molar-refractivity contribution in [2.75, 3.05) is 16.5 Å². The fourth-order valence-electron chi connectivity index (χ4n) is 2.55. The first kappa shape index (κ1) is 17.1. The van der Waals surface area contributed by atoms with Gasteiger partial charge in [0.05, 0.1) is 22.2 Å². The van der Waals surface area contributed by atoms with Crippen molar-refractivity contribution in [1.29, 1.82) is 0 Å². The highest BCUT2D eigenvalue weighted by molar-refractivity contribution is 7.98. The van der Waals surface area contributed by atoms with Crippen molar-refractivity contribution in [3.05, 3.63) is 52.5 Å². The van der Waals surface area contributed by atoms with Crippen LogP contribution in [0, 0.1) is 0 Å². The third-order valence-corrected chi connectivity index (χ3v) is 5.18. The van der Waals surface area contributed by atoms with Crippen LogP contribution in [0.1, 0.15) is 6.42 Å². The van der Waals surface area contributed by atoms with E-state index in [-0.39, 0.29) is 18.2 Å². The number of hydrogen-bond donors (Lipinski definition) is 1. The summed E-state index contributed by atoms with van der Waals surface area (Å²) >= 11 is 13.5. The molecule has 0 saturated carbocycles. The van der Waals surface area contributed by atoms with Crippen molar-refractivity contribution < 1.29 is 9.59 Å². The number of hydrogen-bond acceptors (Lipinski definition) is 4. The summed E-state index contributed by atoms with van der Waals surface area (Å²) < 4.78 is 0. The first-order chi connectivity index (χ1) is 11.5. The Morgan fingerprint density at radius 1 is 1.12 bits per heavy atom. The van der Waals surface area contributed by atoms with Gasteiger partial charge in [-0.3, -0.25) is 9.59 Å². The number of thioether (sulfide) groups is 1. The van der Waals surface area contributed by atoms with Gasteiger partial charge in [0.25, 0.3) is 5.91 Å². The van der Waals surface area contributed by atoms with Gasteiger partial charge >= 0.3 is 0 Å². The summed E-state index contributed by atoms with van der Waals surface area (Å²) in [5.41, 5.74) is 1.24. The highest BCUT2D eigenvalue weighted by Gasteiger charge is 2.39. The maximum atomic E-state index is 12.6. The maximum Gasteiger partial charge on any atom is 0.256 e. The molecule has 2 aromatic rings. The molecule has 0 aromatic heterocycles. The molecule has 1 N–H and O–H groups in total. The van der Waals surface area contributed by atoms with Gasteiger partial charge in [-0.05, 0) is 42.7 Å². The van der Waals surface area contributed by atoms with E-state index < -0.39 is 6.04 Å². The van der Waals surface area contributed by atoms with Crippen molar-refractivity contribution in [2.45, 2.75) is 17.4 Å². The molecular formula is C17H14Cl2N2O2S. The van der Waals surface area contributed by atoms with Crippen LogP contribution in [-0.2, 0) is 9.59 Å². The molecule has 0 bridgehead atoms. The summed E-state index contributed by atoms with van der Waals surface area (Å²) in [6.07, 6.45) is 2.08. The van der Waals surface area contributed by atoms with E-state index in [1.54, 1.807) is 23.9 Å². The number of carbonyl (C=O) groups is 2. The first-order valence-electron chi connectivity index (χ1n) is 7.22. The Balaban J connectivity index is 1.82. The molecule has 0 spiro atoms. The van der Waals surface area contributed by atoms with E-state index in [0.717, 1.165) is 15.5 Å². The van der Waals surface area contributed by atoms with E-state index >= 15 is 0 Å². The Bertz CT molecular complexity index is 813. The molecule has 4 nitrogen and oxygen atoms in total. The van der Waals surface area contributed by atoms with Gasteiger partial charge in [-0.25, -0.2) is 4.90 Å². The normalized spacial score (nSPS) is 17.5. The molecule has 2 amide bonds. The molecule has 3 rings (SSSR count). The summed E-state index contributed by atoms with van der Waals surface area (Å²) in [6, 6.07) is 11.8. The lowest BCUT2D eigenvalue weighted by Crippen LogP contribution is -2.34. The molecule has 24 heavy (non-hydrogen) atoms. The molecule has 1 saturated heterocycles. The Kier molecular flexibility index (Phi) is 5.04. The molecular weight excluding hydrogens is 367 g/mol. The number of anilines is 2. The zero-order valence-corrected chi connectivity index (χ0v) is 15.1. The molecule has 0 radical (unpaired) electrons. The van der Waals surface area contributed by atoms with Crippen molar-refractivity contribution in [3.63, 3.8) is 0 Å². The average Bonchev–Trinajstić information content (AvgIpc) is 2.84. The third-order valence-electron chi connectivity index (χ3n) is 3.72. The fraction of sp³-hybridized carbons (Fsp3) is 0.176. The van der Waals surface area contributed by atoms with Crippen LogP contribution in [0.4, 0.5) is 11.4 Å². The number of amides is 2. The number of nitrogens with one attached hydrogen (secondary N) is 1. The van der Waals surface area contributed by atoms with Crippen molar-refractivity contribution in [1.82, 2.24) is 0 Å². The highest BCUT2D eigenvalue weighted by atomic mass is 35.5. The Morgan fingerprint density at radius 2 is 1.92 bits per heavy atom. The van der Waals surface area contributed by atoms with E-state index in [1.165, 1.54) is 6.07 Å². The van der Waals surface area contributed by atoms with Gasteiger partial charge < -0.3 is 5.32 Å². The zero-order valence-electron chi connectivity index (χ0n) is 12.8. The van der Waals surface area contributed by atoms with Gasteiger partial charge in [0.15, 0.2) is 0 Å². The molecule has 1 aliphatic heterocycles. The highest BCUT2D eigenvalue weighted by Crippen LogP contribution is 2.31. The summed E-state index contributed by atoms with van der Waals surface area (Å²) in [6.45, 7) is 0. The van der Waals surface area contributed by atoms with Crippen molar-refractivity contribution in [2.24, 2.45) is 0 Å². The lowest BCUT2D eigenvalue weighted by Gasteiger charge is -2.17. The van der Waals surface area contributed by atoms with Crippen LogP contribution < -0.4 is 10.2 Å². The maximum absolute atomic E-state index is 12.6. The van der Waals surface area contributed by atoms with Crippen molar-refractivity contribution in [3.8, 4) is 0 Å². The monoisotopic (exact) mass is 380 g/mol.